The molecule has 0 aliphatic rings. The number of rotatable bonds is 5. The van der Waals surface area contributed by atoms with Gasteiger partial charge in [0, 0.05) is 30.9 Å². The van der Waals surface area contributed by atoms with Crippen LogP contribution in [0.3, 0.4) is 0 Å². The van der Waals surface area contributed by atoms with Gasteiger partial charge in [-0.05, 0) is 25.1 Å². The van der Waals surface area contributed by atoms with Crippen LogP contribution in [-0.4, -0.2) is 31.3 Å². The molecule has 0 spiro atoms. The van der Waals surface area contributed by atoms with Gasteiger partial charge in [0.05, 0.1) is 16.3 Å². The fraction of sp³-hybridized carbons (Fsp3) is 0.118. The third kappa shape index (κ3) is 3.51. The first-order chi connectivity index (χ1) is 12.5. The summed E-state index contributed by atoms with van der Waals surface area (Å²) in [5, 5.41) is 21.6. The van der Waals surface area contributed by atoms with Crippen LogP contribution in [0.2, 0.25) is 0 Å². The molecule has 9 nitrogen and oxygen atoms in total. The minimum atomic E-state index is -0.481. The highest BCUT2D eigenvalue weighted by Crippen LogP contribution is 2.17. The van der Waals surface area contributed by atoms with Crippen molar-refractivity contribution in [3.05, 3.63) is 70.0 Å². The lowest BCUT2D eigenvalue weighted by atomic mass is 10.1. The molecular weight excluding hydrogens is 336 g/mol. The Bertz CT molecular complexity index is 1000. The van der Waals surface area contributed by atoms with E-state index in [4.69, 9.17) is 0 Å². The molecule has 0 saturated heterocycles. The summed E-state index contributed by atoms with van der Waals surface area (Å²) in [4.78, 5) is 22.6. The monoisotopic (exact) mass is 352 g/mol. The second-order valence-corrected chi connectivity index (χ2v) is 5.62. The summed E-state index contributed by atoms with van der Waals surface area (Å²) in [6, 6.07) is 11.4. The average Bonchev–Trinajstić information content (AvgIpc) is 3.28. The number of H-pyrrole nitrogens is 1. The molecule has 2 aromatic heterocycles. The maximum Gasteiger partial charge on any atom is 0.289 e. The topological polar surface area (TPSA) is 118 Å². The lowest BCUT2D eigenvalue weighted by Gasteiger charge is -2.02. The van der Waals surface area contributed by atoms with Gasteiger partial charge < -0.3 is 4.57 Å². The minimum absolute atomic E-state index is 0.0378. The van der Waals surface area contributed by atoms with Crippen molar-refractivity contribution in [3.8, 4) is 11.4 Å². The molecule has 3 rings (SSSR count). The van der Waals surface area contributed by atoms with Gasteiger partial charge in [0.15, 0.2) is 0 Å². The zero-order chi connectivity index (χ0) is 18.7. The molecule has 132 valence electrons. The maximum atomic E-state index is 12.2. The van der Waals surface area contributed by atoms with E-state index in [0.29, 0.717) is 17.0 Å². The predicted molar refractivity (Wildman–Crippen MR) is 95.8 cm³/mol. The van der Waals surface area contributed by atoms with Crippen molar-refractivity contribution in [1.82, 2.24) is 20.2 Å². The summed E-state index contributed by atoms with van der Waals surface area (Å²) in [5.74, 6) is -0.456. The molecule has 0 unspecified atom stereocenters. The zero-order valence-electron chi connectivity index (χ0n) is 14.1. The van der Waals surface area contributed by atoms with Crippen molar-refractivity contribution in [3.63, 3.8) is 0 Å². The van der Waals surface area contributed by atoms with Gasteiger partial charge in [-0.3, -0.25) is 20.0 Å². The molecule has 1 amide bonds. The molecule has 0 bridgehead atoms. The molecule has 26 heavy (non-hydrogen) atoms. The predicted octanol–water partition coefficient (Wildman–Crippen LogP) is 2.48. The van der Waals surface area contributed by atoms with E-state index in [1.165, 1.54) is 12.1 Å². The molecule has 0 saturated carbocycles. The number of nitrogens with one attached hydrogen (secondary N) is 2. The van der Waals surface area contributed by atoms with Crippen LogP contribution in [0.15, 0.2) is 53.8 Å². The Morgan fingerprint density at radius 1 is 1.31 bits per heavy atom. The SMILES string of the molecule is CC(=NNC(=O)c1cc(-c2cccn2C)n[nH]1)c1cccc([N+](=O)[O-])c1. The number of hydrogen-bond donors (Lipinski definition) is 2. The maximum absolute atomic E-state index is 12.2. The van der Waals surface area contributed by atoms with E-state index < -0.39 is 10.8 Å². The third-order valence-electron chi connectivity index (χ3n) is 3.83. The van der Waals surface area contributed by atoms with Crippen LogP contribution in [0, 0.1) is 10.1 Å². The van der Waals surface area contributed by atoms with Crippen LogP contribution < -0.4 is 5.43 Å². The van der Waals surface area contributed by atoms with Gasteiger partial charge in [0.1, 0.15) is 11.4 Å². The Kier molecular flexibility index (Phi) is 4.61. The van der Waals surface area contributed by atoms with Crippen molar-refractivity contribution < 1.29 is 9.72 Å². The molecule has 3 aromatic rings. The molecule has 0 atom stereocenters. The largest absolute Gasteiger partial charge is 0.349 e. The highest BCUT2D eigenvalue weighted by atomic mass is 16.6. The van der Waals surface area contributed by atoms with E-state index in [1.807, 2.05) is 29.9 Å². The van der Waals surface area contributed by atoms with Crippen LogP contribution in [0.4, 0.5) is 5.69 Å². The highest BCUT2D eigenvalue weighted by molar-refractivity contribution is 6.01. The number of hydrazone groups is 1. The van der Waals surface area contributed by atoms with Gasteiger partial charge in [-0.1, -0.05) is 12.1 Å². The Balaban J connectivity index is 1.73. The van der Waals surface area contributed by atoms with Gasteiger partial charge in [-0.15, -0.1) is 0 Å². The molecular formula is C17H16N6O3. The van der Waals surface area contributed by atoms with Crippen molar-refractivity contribution in [1.29, 1.82) is 0 Å². The third-order valence-corrected chi connectivity index (χ3v) is 3.83. The van der Waals surface area contributed by atoms with Crippen molar-refractivity contribution >= 4 is 17.3 Å². The quantitative estimate of drug-likeness (QED) is 0.416. The summed E-state index contributed by atoms with van der Waals surface area (Å²) >= 11 is 0. The number of non-ortho nitro benzene ring substituents is 1. The summed E-state index contributed by atoms with van der Waals surface area (Å²) < 4.78 is 1.89. The van der Waals surface area contributed by atoms with Crippen LogP contribution in [0.1, 0.15) is 23.0 Å². The number of carbonyl (C=O) groups is 1. The Hall–Kier alpha value is -3.75. The number of carbonyl (C=O) groups excluding carboxylic acids is 1. The fourth-order valence-corrected chi connectivity index (χ4v) is 2.40. The van der Waals surface area contributed by atoms with Gasteiger partial charge in [0.25, 0.3) is 11.6 Å². The van der Waals surface area contributed by atoms with Crippen molar-refractivity contribution in [2.24, 2.45) is 12.1 Å². The molecule has 9 heteroatoms. The number of nitro benzene ring substituents is 1. The van der Waals surface area contributed by atoms with E-state index in [9.17, 15) is 14.9 Å². The first-order valence-corrected chi connectivity index (χ1v) is 7.72. The molecule has 2 heterocycles. The van der Waals surface area contributed by atoms with E-state index >= 15 is 0 Å². The van der Waals surface area contributed by atoms with Crippen molar-refractivity contribution in [2.75, 3.05) is 0 Å². The van der Waals surface area contributed by atoms with Crippen molar-refractivity contribution in [2.45, 2.75) is 6.92 Å². The number of aromatic amines is 1. The Morgan fingerprint density at radius 2 is 2.12 bits per heavy atom. The van der Waals surface area contributed by atoms with E-state index in [-0.39, 0.29) is 11.4 Å². The molecule has 0 aliphatic carbocycles. The van der Waals surface area contributed by atoms with E-state index in [2.05, 4.69) is 20.7 Å². The fourth-order valence-electron chi connectivity index (χ4n) is 2.40. The number of nitrogens with zero attached hydrogens (tertiary/aromatic N) is 4. The Labute approximate surface area is 148 Å². The zero-order valence-corrected chi connectivity index (χ0v) is 14.1. The summed E-state index contributed by atoms with van der Waals surface area (Å²) in [6.45, 7) is 1.65. The summed E-state index contributed by atoms with van der Waals surface area (Å²) in [7, 11) is 1.89. The second-order valence-electron chi connectivity index (χ2n) is 5.62. The van der Waals surface area contributed by atoms with Gasteiger partial charge in [-0.2, -0.15) is 10.2 Å². The average molecular weight is 352 g/mol. The number of aromatic nitrogens is 3. The molecule has 0 aliphatic heterocycles. The van der Waals surface area contributed by atoms with Crippen LogP contribution >= 0.6 is 0 Å². The summed E-state index contributed by atoms with van der Waals surface area (Å²) in [6.07, 6.45) is 1.89. The van der Waals surface area contributed by atoms with Gasteiger partial charge in [0.2, 0.25) is 0 Å². The standard InChI is InChI=1S/C17H16N6O3/c1-11(12-5-3-6-13(9-12)23(25)26)18-21-17(24)15-10-14(19-20-15)16-7-4-8-22(16)2/h3-10H,1-2H3,(H,19,20)(H,21,24). The molecule has 2 N–H and O–H groups in total. The minimum Gasteiger partial charge on any atom is -0.349 e. The van der Waals surface area contributed by atoms with Crippen LogP contribution in [-0.2, 0) is 7.05 Å². The smallest absolute Gasteiger partial charge is 0.289 e. The first-order valence-electron chi connectivity index (χ1n) is 7.72. The lowest BCUT2D eigenvalue weighted by molar-refractivity contribution is -0.384. The van der Waals surface area contributed by atoms with Gasteiger partial charge >= 0.3 is 0 Å². The van der Waals surface area contributed by atoms with Gasteiger partial charge in [-0.25, -0.2) is 5.43 Å². The molecule has 0 fully saturated rings. The van der Waals surface area contributed by atoms with E-state index in [0.717, 1.165) is 5.69 Å². The second kappa shape index (κ2) is 7.01. The molecule has 0 radical (unpaired) electrons. The number of amides is 1. The molecule has 1 aromatic carbocycles. The lowest BCUT2D eigenvalue weighted by Crippen LogP contribution is -2.19. The first kappa shape index (κ1) is 17.1. The Morgan fingerprint density at radius 3 is 2.81 bits per heavy atom. The normalized spacial score (nSPS) is 11.4. The number of benzene rings is 1. The number of hydrogen-bond acceptors (Lipinski definition) is 5. The number of aryl methyl sites for hydroxylation is 1. The highest BCUT2D eigenvalue weighted by Gasteiger charge is 2.13. The van der Waals surface area contributed by atoms with E-state index in [1.54, 1.807) is 25.1 Å². The number of nitro groups is 1. The van der Waals surface area contributed by atoms with Crippen LogP contribution in [0.5, 0.6) is 0 Å². The summed E-state index contributed by atoms with van der Waals surface area (Å²) in [5.41, 5.74) is 5.15. The van der Waals surface area contributed by atoms with Crippen LogP contribution in [0.25, 0.3) is 11.4 Å².